The summed E-state index contributed by atoms with van der Waals surface area (Å²) in [5, 5.41) is 8.58. The van der Waals surface area contributed by atoms with E-state index in [-0.39, 0.29) is 16.0 Å². The number of aromatic nitrogens is 2. The van der Waals surface area contributed by atoms with Gasteiger partial charge in [0.2, 0.25) is 15.0 Å². The van der Waals surface area contributed by atoms with Crippen LogP contribution in [0.3, 0.4) is 0 Å². The molecule has 0 fully saturated rings. The van der Waals surface area contributed by atoms with Gasteiger partial charge in [-0.1, -0.05) is 0 Å². The first-order valence-corrected chi connectivity index (χ1v) is 8.16. The summed E-state index contributed by atoms with van der Waals surface area (Å²) in [7, 11) is -3.68. The zero-order valence-corrected chi connectivity index (χ0v) is 13.1. The van der Waals surface area contributed by atoms with Crippen LogP contribution in [0.1, 0.15) is 24.3 Å². The molecule has 9 heteroatoms. The van der Waals surface area contributed by atoms with Gasteiger partial charge in [-0.2, -0.15) is 4.98 Å². The van der Waals surface area contributed by atoms with Crippen LogP contribution >= 0.6 is 15.9 Å². The molecule has 19 heavy (non-hydrogen) atoms. The van der Waals surface area contributed by atoms with Gasteiger partial charge in [0.15, 0.2) is 5.69 Å². The molecule has 0 aliphatic rings. The van der Waals surface area contributed by atoms with Crippen LogP contribution in [0.2, 0.25) is 0 Å². The van der Waals surface area contributed by atoms with Gasteiger partial charge in [0, 0.05) is 19.3 Å². The minimum absolute atomic E-state index is 0.177. The zero-order valence-electron chi connectivity index (χ0n) is 10.7. The molecule has 0 amide bonds. The zero-order chi connectivity index (χ0) is 14.8. The van der Waals surface area contributed by atoms with Crippen molar-refractivity contribution in [2.45, 2.75) is 19.0 Å². The molecule has 0 aromatic carbocycles. The monoisotopic (exact) mass is 351 g/mol. The van der Waals surface area contributed by atoms with Crippen molar-refractivity contribution in [2.24, 2.45) is 0 Å². The van der Waals surface area contributed by atoms with Crippen LogP contribution in [-0.2, 0) is 9.84 Å². The number of sulfone groups is 1. The van der Waals surface area contributed by atoms with Crippen molar-refractivity contribution in [1.82, 2.24) is 9.97 Å². The Balaban J connectivity index is 3.63. The van der Waals surface area contributed by atoms with Crippen LogP contribution in [0.5, 0.6) is 0 Å². The van der Waals surface area contributed by atoms with Crippen LogP contribution in [0.15, 0.2) is 9.63 Å². The number of anilines is 1. The van der Waals surface area contributed by atoms with Gasteiger partial charge in [-0.25, -0.2) is 18.2 Å². The summed E-state index contributed by atoms with van der Waals surface area (Å²) in [6.45, 7) is 4.85. The number of carboxylic acids is 1. The van der Waals surface area contributed by atoms with Crippen molar-refractivity contribution in [1.29, 1.82) is 0 Å². The standard InChI is InChI=1S/C10H14BrN3O4S/c1-4-14(5-2)8-6(11)7(9(15)16)12-10(13-8)19(3,17)18/h4-5H2,1-3H3,(H,15,16). The lowest BCUT2D eigenvalue weighted by atomic mass is 10.3. The van der Waals surface area contributed by atoms with Gasteiger partial charge in [-0.3, -0.25) is 0 Å². The van der Waals surface area contributed by atoms with E-state index in [2.05, 4.69) is 25.9 Å². The van der Waals surface area contributed by atoms with Crippen molar-refractivity contribution in [3.8, 4) is 0 Å². The van der Waals surface area contributed by atoms with Gasteiger partial charge >= 0.3 is 5.97 Å². The number of nitrogens with zero attached hydrogens (tertiary/aromatic N) is 3. The van der Waals surface area contributed by atoms with Crippen molar-refractivity contribution < 1.29 is 18.3 Å². The van der Waals surface area contributed by atoms with E-state index in [0.717, 1.165) is 6.26 Å². The van der Waals surface area contributed by atoms with Crippen LogP contribution in [0.25, 0.3) is 0 Å². The first kappa shape index (κ1) is 15.8. The molecule has 0 saturated carbocycles. The van der Waals surface area contributed by atoms with E-state index < -0.39 is 21.0 Å². The normalized spacial score (nSPS) is 11.4. The Kier molecular flexibility index (Phi) is 4.86. The minimum atomic E-state index is -3.68. The first-order valence-electron chi connectivity index (χ1n) is 5.48. The molecule has 0 bridgehead atoms. The number of rotatable bonds is 5. The molecule has 106 valence electrons. The summed E-state index contributed by atoms with van der Waals surface area (Å²) in [6.07, 6.45) is 0.938. The smallest absolute Gasteiger partial charge is 0.355 e. The highest BCUT2D eigenvalue weighted by molar-refractivity contribution is 9.10. The van der Waals surface area contributed by atoms with E-state index in [4.69, 9.17) is 5.11 Å². The molecule has 1 N–H and O–H groups in total. The van der Waals surface area contributed by atoms with Crippen LogP contribution in [0.4, 0.5) is 5.82 Å². The predicted molar refractivity (Wildman–Crippen MR) is 73.4 cm³/mol. The topological polar surface area (TPSA) is 100 Å². The van der Waals surface area contributed by atoms with Crippen LogP contribution in [-0.4, -0.2) is 48.8 Å². The molecule has 7 nitrogen and oxygen atoms in total. The Morgan fingerprint density at radius 3 is 2.21 bits per heavy atom. The highest BCUT2D eigenvalue weighted by Gasteiger charge is 2.24. The van der Waals surface area contributed by atoms with Crippen LogP contribution in [0, 0.1) is 0 Å². The molecule has 1 rings (SSSR count). The maximum Gasteiger partial charge on any atom is 0.355 e. The predicted octanol–water partition coefficient (Wildman–Crippen LogP) is 1.19. The second kappa shape index (κ2) is 5.83. The van der Waals surface area contributed by atoms with Gasteiger partial charge in [0.25, 0.3) is 0 Å². The largest absolute Gasteiger partial charge is 0.476 e. The van der Waals surface area contributed by atoms with Crippen LogP contribution < -0.4 is 4.90 Å². The fraction of sp³-hybridized carbons (Fsp3) is 0.500. The summed E-state index contributed by atoms with van der Waals surface area (Å²) in [6, 6.07) is 0. The summed E-state index contributed by atoms with van der Waals surface area (Å²) in [5.41, 5.74) is -0.364. The van der Waals surface area contributed by atoms with E-state index in [1.165, 1.54) is 0 Å². The Hall–Kier alpha value is -1.22. The summed E-state index contributed by atoms with van der Waals surface area (Å²) in [4.78, 5) is 20.4. The number of hydrogen-bond acceptors (Lipinski definition) is 6. The summed E-state index contributed by atoms with van der Waals surface area (Å²) < 4.78 is 23.2. The fourth-order valence-corrected chi connectivity index (χ4v) is 2.56. The molecule has 1 heterocycles. The third-order valence-electron chi connectivity index (χ3n) is 2.41. The molecular weight excluding hydrogens is 338 g/mol. The molecule has 0 aliphatic carbocycles. The molecule has 0 saturated heterocycles. The van der Waals surface area contributed by atoms with Gasteiger partial charge in [0.1, 0.15) is 5.82 Å². The van der Waals surface area contributed by atoms with Gasteiger partial charge < -0.3 is 10.0 Å². The molecular formula is C10H14BrN3O4S. The first-order chi connectivity index (χ1) is 8.72. The average molecular weight is 352 g/mol. The lowest BCUT2D eigenvalue weighted by Gasteiger charge is -2.21. The highest BCUT2D eigenvalue weighted by Crippen LogP contribution is 2.28. The van der Waals surface area contributed by atoms with E-state index in [9.17, 15) is 13.2 Å². The number of halogens is 1. The average Bonchev–Trinajstić information content (AvgIpc) is 2.30. The number of carbonyl (C=O) groups is 1. The van der Waals surface area contributed by atoms with Gasteiger partial charge in [0.05, 0.1) is 4.47 Å². The molecule has 0 aliphatic heterocycles. The van der Waals surface area contributed by atoms with E-state index in [0.29, 0.717) is 13.1 Å². The Bertz CT molecular complexity index is 599. The van der Waals surface area contributed by atoms with Gasteiger partial charge in [-0.05, 0) is 29.8 Å². The second-order valence-corrected chi connectivity index (χ2v) is 6.44. The third-order valence-corrected chi connectivity index (χ3v) is 3.99. The lowest BCUT2D eigenvalue weighted by Crippen LogP contribution is -2.26. The van der Waals surface area contributed by atoms with Crippen molar-refractivity contribution in [2.75, 3.05) is 24.2 Å². The lowest BCUT2D eigenvalue weighted by molar-refractivity contribution is 0.0688. The minimum Gasteiger partial charge on any atom is -0.476 e. The van der Waals surface area contributed by atoms with Crippen molar-refractivity contribution in [3.05, 3.63) is 10.2 Å². The quantitative estimate of drug-likeness (QED) is 0.795. The maximum absolute atomic E-state index is 11.5. The second-order valence-electron chi connectivity index (χ2n) is 3.74. The third kappa shape index (κ3) is 3.41. The molecule has 0 spiro atoms. The Labute approximate surface area is 119 Å². The number of carboxylic acid groups (broad SMARTS) is 1. The van der Waals surface area contributed by atoms with Crippen molar-refractivity contribution in [3.63, 3.8) is 0 Å². The van der Waals surface area contributed by atoms with Crippen molar-refractivity contribution >= 4 is 37.6 Å². The molecule has 0 radical (unpaired) electrons. The van der Waals surface area contributed by atoms with E-state index in [1.54, 1.807) is 4.90 Å². The maximum atomic E-state index is 11.5. The Morgan fingerprint density at radius 1 is 1.32 bits per heavy atom. The molecule has 1 aromatic rings. The highest BCUT2D eigenvalue weighted by atomic mass is 79.9. The van der Waals surface area contributed by atoms with E-state index >= 15 is 0 Å². The fourth-order valence-electron chi connectivity index (χ4n) is 1.46. The summed E-state index contributed by atoms with van der Waals surface area (Å²) in [5.74, 6) is -1.05. The Morgan fingerprint density at radius 2 is 1.84 bits per heavy atom. The molecule has 0 atom stereocenters. The summed E-state index contributed by atoms with van der Waals surface area (Å²) >= 11 is 3.12. The number of aromatic carboxylic acids is 1. The molecule has 1 aromatic heterocycles. The van der Waals surface area contributed by atoms with E-state index in [1.807, 2.05) is 13.8 Å². The number of hydrogen-bond donors (Lipinski definition) is 1. The van der Waals surface area contributed by atoms with Gasteiger partial charge in [-0.15, -0.1) is 0 Å². The SMILES string of the molecule is CCN(CC)c1nc(S(C)(=O)=O)nc(C(=O)O)c1Br. The molecule has 0 unspecified atom stereocenters.